The fraction of sp³-hybridized carbons (Fsp3) is 0.950. The Morgan fingerprint density at radius 3 is 2.39 bits per heavy atom. The number of hydrogen-bond donors (Lipinski definition) is 2. The molecule has 23 heavy (non-hydrogen) atoms. The monoisotopic (exact) mass is 320 g/mol. The summed E-state index contributed by atoms with van der Waals surface area (Å²) in [6.07, 6.45) is 9.51. The summed E-state index contributed by atoms with van der Waals surface area (Å²) in [4.78, 5) is 12.1. The van der Waals surface area contributed by atoms with Crippen molar-refractivity contribution in [2.45, 2.75) is 84.7 Å². The molecule has 3 nitrogen and oxygen atoms in total. The van der Waals surface area contributed by atoms with Crippen molar-refractivity contribution < 1.29 is 15.0 Å². The highest BCUT2D eigenvalue weighted by atomic mass is 16.4. The van der Waals surface area contributed by atoms with E-state index in [1.165, 1.54) is 12.8 Å². The van der Waals surface area contributed by atoms with E-state index in [1.54, 1.807) is 0 Å². The van der Waals surface area contributed by atoms with E-state index in [2.05, 4.69) is 13.8 Å². The number of carboxylic acid groups (broad SMARTS) is 1. The van der Waals surface area contributed by atoms with Crippen LogP contribution in [0.1, 0.15) is 78.6 Å². The maximum atomic E-state index is 12.1. The van der Waals surface area contributed by atoms with E-state index in [0.29, 0.717) is 11.8 Å². The van der Waals surface area contributed by atoms with Crippen LogP contribution in [0.2, 0.25) is 0 Å². The van der Waals surface area contributed by atoms with Crippen molar-refractivity contribution >= 4 is 5.97 Å². The summed E-state index contributed by atoms with van der Waals surface area (Å²) in [5.41, 5.74) is 0.000491. The second-order valence-corrected chi connectivity index (χ2v) is 10.2. The van der Waals surface area contributed by atoms with E-state index in [0.717, 1.165) is 44.9 Å². The largest absolute Gasteiger partial charge is 0.481 e. The molecule has 4 fully saturated rings. The highest BCUT2D eigenvalue weighted by molar-refractivity contribution is 5.75. The van der Waals surface area contributed by atoms with E-state index in [4.69, 9.17) is 0 Å². The van der Waals surface area contributed by atoms with Crippen LogP contribution in [-0.2, 0) is 4.79 Å². The molecule has 2 N–H and O–H groups in total. The molecule has 4 aliphatic rings. The zero-order valence-electron chi connectivity index (χ0n) is 14.9. The van der Waals surface area contributed by atoms with Crippen molar-refractivity contribution in [3.63, 3.8) is 0 Å². The predicted molar refractivity (Wildman–Crippen MR) is 88.9 cm³/mol. The lowest BCUT2D eigenvalue weighted by molar-refractivity contribution is -0.182. The van der Waals surface area contributed by atoms with Gasteiger partial charge in [-0.05, 0) is 86.4 Å². The predicted octanol–water partition coefficient (Wildman–Crippen LogP) is 4.23. The van der Waals surface area contributed by atoms with Crippen molar-refractivity contribution in [2.24, 2.45) is 33.5 Å². The number of carbonyl (C=O) groups is 1. The van der Waals surface area contributed by atoms with Gasteiger partial charge in [0.15, 0.2) is 0 Å². The van der Waals surface area contributed by atoms with Gasteiger partial charge >= 0.3 is 5.97 Å². The Kier molecular flexibility index (Phi) is 3.14. The van der Waals surface area contributed by atoms with Gasteiger partial charge < -0.3 is 10.2 Å². The molecule has 0 heterocycles. The Morgan fingerprint density at radius 2 is 1.70 bits per heavy atom. The third-order valence-electron chi connectivity index (χ3n) is 9.10. The van der Waals surface area contributed by atoms with Crippen LogP contribution in [0.25, 0.3) is 0 Å². The number of fused-ring (bicyclic) bond motifs is 3. The quantitative estimate of drug-likeness (QED) is 0.760. The van der Waals surface area contributed by atoms with Gasteiger partial charge in [-0.1, -0.05) is 20.3 Å². The molecular formula is C20H32O3. The topological polar surface area (TPSA) is 57.5 Å². The third kappa shape index (κ3) is 1.83. The summed E-state index contributed by atoms with van der Waals surface area (Å²) < 4.78 is 0. The summed E-state index contributed by atoms with van der Waals surface area (Å²) in [6, 6.07) is 0. The molecule has 0 amide bonds. The Bertz CT molecular complexity index is 545. The lowest BCUT2D eigenvalue weighted by Crippen LogP contribution is -2.58. The normalized spacial score (nSPS) is 58.3. The van der Waals surface area contributed by atoms with Crippen molar-refractivity contribution in [1.82, 2.24) is 0 Å². The van der Waals surface area contributed by atoms with Crippen LogP contribution in [0.3, 0.4) is 0 Å². The molecule has 7 atom stereocenters. The SMILES string of the molecule is C[C@@]12CCC3[C@@](CC[C@@H]4[C@](C)(C(=O)O)CCC[C@@]34C)(CC1O)C2. The number of aliphatic hydroxyl groups excluding tert-OH is 1. The average Bonchev–Trinajstić information content (AvgIpc) is 2.63. The molecule has 0 aromatic carbocycles. The van der Waals surface area contributed by atoms with Gasteiger partial charge in [-0.15, -0.1) is 0 Å². The van der Waals surface area contributed by atoms with Crippen LogP contribution in [-0.4, -0.2) is 22.3 Å². The minimum atomic E-state index is -0.587. The van der Waals surface area contributed by atoms with E-state index < -0.39 is 11.4 Å². The second-order valence-electron chi connectivity index (χ2n) is 10.2. The van der Waals surface area contributed by atoms with Crippen LogP contribution in [0.4, 0.5) is 0 Å². The van der Waals surface area contributed by atoms with Gasteiger partial charge in [0.1, 0.15) is 0 Å². The maximum absolute atomic E-state index is 12.1. The van der Waals surface area contributed by atoms with Gasteiger partial charge in [-0.3, -0.25) is 4.79 Å². The summed E-state index contributed by atoms with van der Waals surface area (Å²) in [5.74, 6) is 0.327. The zero-order chi connectivity index (χ0) is 16.7. The molecule has 3 heteroatoms. The molecule has 0 aromatic heterocycles. The van der Waals surface area contributed by atoms with Gasteiger partial charge in [0, 0.05) is 0 Å². The smallest absolute Gasteiger partial charge is 0.309 e. The second kappa shape index (κ2) is 4.53. The van der Waals surface area contributed by atoms with Crippen LogP contribution in [0.5, 0.6) is 0 Å². The molecule has 0 radical (unpaired) electrons. The van der Waals surface area contributed by atoms with Gasteiger partial charge in [0.2, 0.25) is 0 Å². The summed E-state index contributed by atoms with van der Waals surface area (Å²) in [5, 5.41) is 20.6. The lowest BCUT2D eigenvalue weighted by Gasteiger charge is -2.63. The molecule has 130 valence electrons. The van der Waals surface area contributed by atoms with Crippen LogP contribution >= 0.6 is 0 Å². The number of hydrogen-bond acceptors (Lipinski definition) is 2. The third-order valence-corrected chi connectivity index (χ3v) is 9.10. The fourth-order valence-electron chi connectivity index (χ4n) is 7.99. The molecule has 1 spiro atoms. The first kappa shape index (κ1) is 15.9. The molecule has 0 aliphatic heterocycles. The molecule has 0 aromatic rings. The molecule has 2 unspecified atom stereocenters. The number of aliphatic carboxylic acids is 1. The molecular weight excluding hydrogens is 288 g/mol. The minimum absolute atomic E-state index is 0.116. The first-order valence-electron chi connectivity index (χ1n) is 9.58. The summed E-state index contributed by atoms with van der Waals surface area (Å²) in [6.45, 7) is 6.68. The summed E-state index contributed by atoms with van der Waals surface area (Å²) in [7, 11) is 0. The maximum Gasteiger partial charge on any atom is 0.309 e. The van der Waals surface area contributed by atoms with Gasteiger partial charge in [-0.2, -0.15) is 0 Å². The Hall–Kier alpha value is -0.570. The van der Waals surface area contributed by atoms with Crippen molar-refractivity contribution in [3.05, 3.63) is 0 Å². The Labute approximate surface area is 139 Å². The number of rotatable bonds is 1. The standard InChI is InChI=1S/C20H32O3/c1-17-9-5-14-18(2)7-4-8-19(3,16(22)23)13(18)6-10-20(14,12-17)11-15(17)21/h13-15,21H,4-12H2,1-3H3,(H,22,23)/t13-,14?,15?,17-,18+,19+,20-/m0/s1. The number of carboxylic acids is 1. The van der Waals surface area contributed by atoms with Gasteiger partial charge in [-0.25, -0.2) is 0 Å². The first-order chi connectivity index (χ1) is 10.7. The number of aliphatic hydroxyl groups is 1. The average molecular weight is 320 g/mol. The molecule has 0 saturated heterocycles. The minimum Gasteiger partial charge on any atom is -0.481 e. The molecule has 4 rings (SSSR count). The highest BCUT2D eigenvalue weighted by Crippen LogP contribution is 2.73. The zero-order valence-corrected chi connectivity index (χ0v) is 14.9. The van der Waals surface area contributed by atoms with Crippen molar-refractivity contribution in [1.29, 1.82) is 0 Å². The van der Waals surface area contributed by atoms with Gasteiger partial charge in [0.25, 0.3) is 0 Å². The van der Waals surface area contributed by atoms with Crippen molar-refractivity contribution in [3.8, 4) is 0 Å². The highest BCUT2D eigenvalue weighted by Gasteiger charge is 2.67. The van der Waals surface area contributed by atoms with E-state index in [-0.39, 0.29) is 22.3 Å². The van der Waals surface area contributed by atoms with E-state index in [9.17, 15) is 15.0 Å². The summed E-state index contributed by atoms with van der Waals surface area (Å²) >= 11 is 0. The Morgan fingerprint density at radius 1 is 1.00 bits per heavy atom. The lowest BCUT2D eigenvalue weighted by atomic mass is 9.40. The molecule has 4 saturated carbocycles. The van der Waals surface area contributed by atoms with Crippen molar-refractivity contribution in [2.75, 3.05) is 0 Å². The van der Waals surface area contributed by atoms with Crippen LogP contribution in [0.15, 0.2) is 0 Å². The molecule has 4 aliphatic carbocycles. The van der Waals surface area contributed by atoms with Crippen LogP contribution < -0.4 is 0 Å². The fourth-order valence-corrected chi connectivity index (χ4v) is 7.99. The van der Waals surface area contributed by atoms with E-state index >= 15 is 0 Å². The van der Waals surface area contributed by atoms with Crippen LogP contribution in [0, 0.1) is 33.5 Å². The Balaban J connectivity index is 1.74. The van der Waals surface area contributed by atoms with E-state index in [1.807, 2.05) is 6.92 Å². The molecule has 2 bridgehead atoms. The van der Waals surface area contributed by atoms with Gasteiger partial charge in [0.05, 0.1) is 11.5 Å². The first-order valence-corrected chi connectivity index (χ1v) is 9.58.